The van der Waals surface area contributed by atoms with Crippen LogP contribution in [0.5, 0.6) is 5.75 Å². The fraction of sp³-hybridized carbons (Fsp3) is 0.200. The van der Waals surface area contributed by atoms with E-state index < -0.39 is 0 Å². The maximum absolute atomic E-state index is 5.66. The molecule has 1 heterocycles. The van der Waals surface area contributed by atoms with Crippen molar-refractivity contribution in [2.45, 2.75) is 13.0 Å². The van der Waals surface area contributed by atoms with E-state index in [1.165, 1.54) is 0 Å². The molecule has 0 aliphatic carbocycles. The standard InChI is InChI=1S/C15H17N3OS/c1-12(11-19-14-7-3-2-4-8-14)17-15(20)18-13-6-5-9-16-10-13/h2-10,12H,11H2,1H3,(H2,17,18,20)/t12-/m0/s1. The number of hydrogen-bond acceptors (Lipinski definition) is 3. The summed E-state index contributed by atoms with van der Waals surface area (Å²) >= 11 is 5.24. The lowest BCUT2D eigenvalue weighted by Gasteiger charge is -2.17. The molecule has 0 radical (unpaired) electrons. The molecule has 0 fully saturated rings. The zero-order chi connectivity index (χ0) is 14.2. The molecule has 1 aromatic carbocycles. The smallest absolute Gasteiger partial charge is 0.171 e. The molecule has 0 saturated carbocycles. The van der Waals surface area contributed by atoms with Crippen LogP contribution in [0.2, 0.25) is 0 Å². The number of aromatic nitrogens is 1. The molecular weight excluding hydrogens is 270 g/mol. The molecule has 5 heteroatoms. The molecule has 0 unspecified atom stereocenters. The predicted molar refractivity (Wildman–Crippen MR) is 85.0 cm³/mol. The Labute approximate surface area is 124 Å². The first-order valence-corrected chi connectivity index (χ1v) is 6.80. The number of ether oxygens (including phenoxy) is 1. The number of nitrogens with zero attached hydrogens (tertiary/aromatic N) is 1. The van der Waals surface area contributed by atoms with Crippen LogP contribution in [0.4, 0.5) is 5.69 Å². The summed E-state index contributed by atoms with van der Waals surface area (Å²) < 4.78 is 5.66. The second-order valence-corrected chi connectivity index (χ2v) is 4.77. The first-order chi connectivity index (χ1) is 9.74. The first-order valence-electron chi connectivity index (χ1n) is 6.39. The zero-order valence-corrected chi connectivity index (χ0v) is 12.1. The van der Waals surface area contributed by atoms with Gasteiger partial charge in [-0.1, -0.05) is 18.2 Å². The molecule has 2 rings (SSSR count). The van der Waals surface area contributed by atoms with Crippen molar-refractivity contribution >= 4 is 23.0 Å². The molecule has 0 amide bonds. The number of nitrogens with one attached hydrogen (secondary N) is 2. The highest BCUT2D eigenvalue weighted by Crippen LogP contribution is 2.08. The maximum Gasteiger partial charge on any atom is 0.171 e. The lowest BCUT2D eigenvalue weighted by molar-refractivity contribution is 0.287. The predicted octanol–water partition coefficient (Wildman–Crippen LogP) is 2.84. The van der Waals surface area contributed by atoms with E-state index in [1.54, 1.807) is 12.4 Å². The Hall–Kier alpha value is -2.14. The van der Waals surface area contributed by atoms with Gasteiger partial charge in [-0.05, 0) is 43.4 Å². The van der Waals surface area contributed by atoms with Crippen molar-refractivity contribution in [2.75, 3.05) is 11.9 Å². The van der Waals surface area contributed by atoms with Crippen LogP contribution in [0.3, 0.4) is 0 Å². The molecule has 0 spiro atoms. The van der Waals surface area contributed by atoms with E-state index >= 15 is 0 Å². The van der Waals surface area contributed by atoms with E-state index in [0.29, 0.717) is 11.7 Å². The van der Waals surface area contributed by atoms with Crippen LogP contribution >= 0.6 is 12.2 Å². The van der Waals surface area contributed by atoms with Crippen LogP contribution < -0.4 is 15.4 Å². The minimum Gasteiger partial charge on any atom is -0.491 e. The van der Waals surface area contributed by atoms with E-state index in [4.69, 9.17) is 17.0 Å². The third-order valence-corrected chi connectivity index (χ3v) is 2.76. The fourth-order valence-electron chi connectivity index (χ4n) is 1.61. The highest BCUT2D eigenvalue weighted by atomic mass is 32.1. The number of pyridine rings is 1. The summed E-state index contributed by atoms with van der Waals surface area (Å²) in [6.07, 6.45) is 3.44. The Morgan fingerprint density at radius 1 is 1.25 bits per heavy atom. The molecule has 0 bridgehead atoms. The zero-order valence-electron chi connectivity index (χ0n) is 11.2. The van der Waals surface area contributed by atoms with Gasteiger partial charge < -0.3 is 15.4 Å². The van der Waals surface area contributed by atoms with Crippen LogP contribution in [-0.2, 0) is 0 Å². The van der Waals surface area contributed by atoms with Gasteiger partial charge in [-0.2, -0.15) is 0 Å². The highest BCUT2D eigenvalue weighted by molar-refractivity contribution is 7.80. The Morgan fingerprint density at radius 3 is 2.75 bits per heavy atom. The van der Waals surface area contributed by atoms with Gasteiger partial charge in [-0.3, -0.25) is 4.98 Å². The van der Waals surface area contributed by atoms with Crippen LogP contribution in [0.1, 0.15) is 6.92 Å². The van der Waals surface area contributed by atoms with Gasteiger partial charge in [0.1, 0.15) is 12.4 Å². The van der Waals surface area contributed by atoms with E-state index in [-0.39, 0.29) is 6.04 Å². The number of rotatable bonds is 5. The number of anilines is 1. The van der Waals surface area contributed by atoms with Gasteiger partial charge in [-0.15, -0.1) is 0 Å². The summed E-state index contributed by atoms with van der Waals surface area (Å²) in [7, 11) is 0. The van der Waals surface area contributed by atoms with Gasteiger partial charge in [0.05, 0.1) is 17.9 Å². The van der Waals surface area contributed by atoms with Gasteiger partial charge >= 0.3 is 0 Å². The normalized spacial score (nSPS) is 11.4. The van der Waals surface area contributed by atoms with Gasteiger partial charge in [-0.25, -0.2) is 0 Å². The van der Waals surface area contributed by atoms with Crippen LogP contribution in [0, 0.1) is 0 Å². The molecule has 0 aliphatic heterocycles. The summed E-state index contributed by atoms with van der Waals surface area (Å²) in [5, 5.41) is 6.80. The number of thiocarbonyl (C=S) groups is 1. The average Bonchev–Trinajstić information content (AvgIpc) is 2.47. The molecule has 20 heavy (non-hydrogen) atoms. The Bertz CT molecular complexity index is 533. The number of para-hydroxylation sites is 1. The summed E-state index contributed by atoms with van der Waals surface area (Å²) in [6, 6.07) is 13.6. The topological polar surface area (TPSA) is 46.2 Å². The largest absolute Gasteiger partial charge is 0.491 e. The first kappa shape index (κ1) is 14.3. The van der Waals surface area contributed by atoms with Crippen molar-refractivity contribution in [1.29, 1.82) is 0 Å². The monoisotopic (exact) mass is 287 g/mol. The summed E-state index contributed by atoms with van der Waals surface area (Å²) in [4.78, 5) is 4.02. The molecule has 0 aliphatic rings. The van der Waals surface area contributed by atoms with Crippen LogP contribution in [-0.4, -0.2) is 22.7 Å². The van der Waals surface area contributed by atoms with E-state index in [1.807, 2.05) is 49.4 Å². The van der Waals surface area contributed by atoms with Crippen molar-refractivity contribution < 1.29 is 4.74 Å². The molecule has 2 aromatic rings. The lowest BCUT2D eigenvalue weighted by Crippen LogP contribution is -2.39. The quantitative estimate of drug-likeness (QED) is 0.828. The fourth-order valence-corrected chi connectivity index (χ4v) is 1.93. The third kappa shape index (κ3) is 4.85. The lowest BCUT2D eigenvalue weighted by atomic mass is 10.3. The SMILES string of the molecule is C[C@@H](COc1ccccc1)NC(=S)Nc1cccnc1. The third-order valence-electron chi connectivity index (χ3n) is 2.54. The van der Waals surface area contributed by atoms with Gasteiger partial charge in [0.2, 0.25) is 0 Å². The average molecular weight is 287 g/mol. The number of hydrogen-bond donors (Lipinski definition) is 2. The van der Waals surface area contributed by atoms with Crippen molar-refractivity contribution in [3.05, 3.63) is 54.9 Å². The Balaban J connectivity index is 1.74. The van der Waals surface area contributed by atoms with Gasteiger partial charge in [0.25, 0.3) is 0 Å². The summed E-state index contributed by atoms with van der Waals surface area (Å²) in [5.74, 6) is 0.854. The van der Waals surface area contributed by atoms with Crippen molar-refractivity contribution in [3.8, 4) is 5.75 Å². The van der Waals surface area contributed by atoms with Crippen molar-refractivity contribution in [3.63, 3.8) is 0 Å². The van der Waals surface area contributed by atoms with Crippen LogP contribution in [0.25, 0.3) is 0 Å². The van der Waals surface area contributed by atoms with Crippen molar-refractivity contribution in [2.24, 2.45) is 0 Å². The second-order valence-electron chi connectivity index (χ2n) is 4.37. The summed E-state index contributed by atoms with van der Waals surface area (Å²) in [6.45, 7) is 2.55. The molecule has 0 saturated heterocycles. The van der Waals surface area contributed by atoms with E-state index in [0.717, 1.165) is 11.4 Å². The van der Waals surface area contributed by atoms with Crippen molar-refractivity contribution in [1.82, 2.24) is 10.3 Å². The number of benzene rings is 1. The van der Waals surface area contributed by atoms with Gasteiger partial charge in [0.15, 0.2) is 5.11 Å². The van der Waals surface area contributed by atoms with E-state index in [9.17, 15) is 0 Å². The van der Waals surface area contributed by atoms with Crippen LogP contribution in [0.15, 0.2) is 54.9 Å². The Kier molecular flexibility index (Phi) is 5.32. The molecular formula is C15H17N3OS. The minimum absolute atomic E-state index is 0.104. The summed E-state index contributed by atoms with van der Waals surface area (Å²) in [5.41, 5.74) is 0.862. The molecule has 1 atom stereocenters. The Morgan fingerprint density at radius 2 is 2.05 bits per heavy atom. The molecule has 1 aromatic heterocycles. The maximum atomic E-state index is 5.66. The van der Waals surface area contributed by atoms with Gasteiger partial charge in [0, 0.05) is 6.20 Å². The molecule has 2 N–H and O–H groups in total. The van der Waals surface area contributed by atoms with E-state index in [2.05, 4.69) is 15.6 Å². The second kappa shape index (κ2) is 7.45. The minimum atomic E-state index is 0.104. The molecule has 104 valence electrons. The molecule has 4 nitrogen and oxygen atoms in total. The highest BCUT2D eigenvalue weighted by Gasteiger charge is 2.05.